The highest BCUT2D eigenvalue weighted by Gasteiger charge is 2.43. The summed E-state index contributed by atoms with van der Waals surface area (Å²) in [5, 5.41) is 11.2. The molecule has 1 saturated heterocycles. The number of aliphatic hydroxyl groups is 1. The zero-order valence-corrected chi connectivity index (χ0v) is 16.4. The number of carbonyl (C=O) groups excluding carboxylic acids is 1. The number of fused-ring (bicyclic) bond motifs is 1. The van der Waals surface area contributed by atoms with Crippen LogP contribution < -0.4 is 0 Å². The Morgan fingerprint density at radius 2 is 2.04 bits per heavy atom. The number of hydrogen-bond donors (Lipinski definition) is 1. The van der Waals surface area contributed by atoms with Gasteiger partial charge in [0.05, 0.1) is 0 Å². The van der Waals surface area contributed by atoms with E-state index in [1.165, 1.54) is 37.7 Å². The third kappa shape index (κ3) is 4.35. The third-order valence-electron chi connectivity index (χ3n) is 6.76. The summed E-state index contributed by atoms with van der Waals surface area (Å²) < 4.78 is 0. The van der Waals surface area contributed by atoms with E-state index < -0.39 is 5.60 Å². The van der Waals surface area contributed by atoms with Crippen LogP contribution in [0.15, 0.2) is 18.3 Å². The van der Waals surface area contributed by atoms with Gasteiger partial charge in [-0.05, 0) is 36.8 Å². The van der Waals surface area contributed by atoms with Crippen LogP contribution in [0.2, 0.25) is 0 Å². The van der Waals surface area contributed by atoms with Crippen molar-refractivity contribution in [3.8, 4) is 0 Å². The number of nitrogens with zero attached hydrogens (tertiary/aromatic N) is 3. The van der Waals surface area contributed by atoms with Crippen molar-refractivity contribution < 1.29 is 9.90 Å². The summed E-state index contributed by atoms with van der Waals surface area (Å²) in [6.45, 7) is 3.71. The topological polar surface area (TPSA) is 56.7 Å². The summed E-state index contributed by atoms with van der Waals surface area (Å²) in [5.41, 5.74) is 1.17. The van der Waals surface area contributed by atoms with Crippen molar-refractivity contribution in [3.63, 3.8) is 0 Å². The molecule has 1 aliphatic carbocycles. The van der Waals surface area contributed by atoms with Crippen LogP contribution in [0.4, 0.5) is 0 Å². The first-order chi connectivity index (χ1) is 13.1. The van der Waals surface area contributed by atoms with Gasteiger partial charge in [0.25, 0.3) is 5.91 Å². The van der Waals surface area contributed by atoms with Crippen LogP contribution in [0.5, 0.6) is 0 Å². The van der Waals surface area contributed by atoms with Gasteiger partial charge in [0.1, 0.15) is 0 Å². The number of β-amino-alcohol motifs (C(OH)–C–C–N with tert-alkyl or cyclic N) is 1. The molecule has 3 heterocycles. The minimum absolute atomic E-state index is 0.0402. The fraction of sp³-hybridized carbons (Fsp3) is 0.727. The predicted molar refractivity (Wildman–Crippen MR) is 105 cm³/mol. The molecule has 5 nitrogen and oxygen atoms in total. The zero-order valence-electron chi connectivity index (χ0n) is 16.4. The Morgan fingerprint density at radius 3 is 2.89 bits per heavy atom. The Balaban J connectivity index is 1.35. The van der Waals surface area contributed by atoms with E-state index >= 15 is 0 Å². The van der Waals surface area contributed by atoms with Gasteiger partial charge in [-0.1, -0.05) is 38.2 Å². The minimum Gasteiger partial charge on any atom is -0.379 e. The highest BCUT2D eigenvalue weighted by molar-refractivity contribution is 5.86. The summed E-state index contributed by atoms with van der Waals surface area (Å²) in [6, 6.07) is 4.08. The van der Waals surface area contributed by atoms with Gasteiger partial charge in [0, 0.05) is 51.0 Å². The van der Waals surface area contributed by atoms with Gasteiger partial charge < -0.3 is 10.0 Å². The second kappa shape index (κ2) is 8.27. The van der Waals surface area contributed by atoms with Gasteiger partial charge in [-0.15, -0.1) is 0 Å². The number of pyridine rings is 1. The molecule has 1 aromatic rings. The normalized spacial score (nSPS) is 27.6. The van der Waals surface area contributed by atoms with Gasteiger partial charge in [0.2, 0.25) is 0 Å². The second-order valence-corrected chi connectivity index (χ2v) is 8.79. The molecule has 0 spiro atoms. The van der Waals surface area contributed by atoms with Crippen molar-refractivity contribution in [3.05, 3.63) is 29.6 Å². The van der Waals surface area contributed by atoms with Crippen LogP contribution >= 0.6 is 0 Å². The summed E-state index contributed by atoms with van der Waals surface area (Å²) in [6.07, 6.45) is 12.0. The molecule has 0 aromatic carbocycles. The molecule has 3 aliphatic rings. The van der Waals surface area contributed by atoms with Crippen molar-refractivity contribution >= 4 is 5.91 Å². The number of likely N-dealkylation sites (tertiary alicyclic amines) is 1. The molecule has 0 unspecified atom stereocenters. The van der Waals surface area contributed by atoms with E-state index in [-0.39, 0.29) is 5.91 Å². The second-order valence-electron chi connectivity index (χ2n) is 8.79. The first kappa shape index (κ1) is 18.9. The first-order valence-corrected chi connectivity index (χ1v) is 10.8. The van der Waals surface area contributed by atoms with E-state index in [1.54, 1.807) is 0 Å². The van der Waals surface area contributed by atoms with Crippen LogP contribution in [0.3, 0.4) is 0 Å². The lowest BCUT2D eigenvalue weighted by atomic mass is 9.86. The van der Waals surface area contributed by atoms with Gasteiger partial charge >= 0.3 is 0 Å². The van der Waals surface area contributed by atoms with Crippen LogP contribution in [0.25, 0.3) is 0 Å². The molecule has 1 aromatic heterocycles. The Bertz CT molecular complexity index is 659. The third-order valence-corrected chi connectivity index (χ3v) is 6.76. The molecule has 1 N–H and O–H groups in total. The fourth-order valence-corrected chi connectivity index (χ4v) is 5.17. The van der Waals surface area contributed by atoms with Crippen LogP contribution in [0, 0.1) is 5.92 Å². The number of hydrogen-bond acceptors (Lipinski definition) is 4. The van der Waals surface area contributed by atoms with E-state index in [0.29, 0.717) is 13.0 Å². The molecule has 2 aliphatic heterocycles. The quantitative estimate of drug-likeness (QED) is 0.865. The predicted octanol–water partition coefficient (Wildman–Crippen LogP) is 2.76. The van der Waals surface area contributed by atoms with Crippen molar-refractivity contribution in [2.45, 2.75) is 69.9 Å². The first-order valence-electron chi connectivity index (χ1n) is 10.8. The van der Waals surface area contributed by atoms with E-state index in [1.807, 2.05) is 17.2 Å². The van der Waals surface area contributed by atoms with E-state index in [0.717, 1.165) is 57.1 Å². The molecule has 0 bridgehead atoms. The number of carbonyl (C=O) groups is 1. The number of amides is 1. The largest absolute Gasteiger partial charge is 0.379 e. The smallest absolute Gasteiger partial charge is 0.255 e. The van der Waals surface area contributed by atoms with Gasteiger partial charge in [-0.3, -0.25) is 14.7 Å². The number of aromatic nitrogens is 1. The van der Waals surface area contributed by atoms with Crippen molar-refractivity contribution in [1.82, 2.24) is 14.8 Å². The molecule has 0 radical (unpaired) electrons. The molecule has 5 heteroatoms. The molecular formula is C22H33N3O2. The van der Waals surface area contributed by atoms with Crippen molar-refractivity contribution in [2.75, 3.05) is 26.2 Å². The fourth-order valence-electron chi connectivity index (χ4n) is 5.17. The van der Waals surface area contributed by atoms with Crippen molar-refractivity contribution in [2.24, 2.45) is 5.92 Å². The average molecular weight is 372 g/mol. The molecular weight excluding hydrogens is 338 g/mol. The Hall–Kier alpha value is -1.46. The molecule has 2 fully saturated rings. The number of rotatable bonds is 5. The van der Waals surface area contributed by atoms with Gasteiger partial charge in [-0.2, -0.15) is 0 Å². The monoisotopic (exact) mass is 371 g/mol. The van der Waals surface area contributed by atoms with Crippen LogP contribution in [-0.4, -0.2) is 57.6 Å². The molecule has 1 saturated carbocycles. The van der Waals surface area contributed by atoms with Crippen molar-refractivity contribution in [1.29, 1.82) is 0 Å². The van der Waals surface area contributed by atoms with Crippen LogP contribution in [0.1, 0.15) is 62.6 Å². The van der Waals surface area contributed by atoms with Gasteiger partial charge in [0.15, 0.2) is 5.60 Å². The zero-order chi connectivity index (χ0) is 18.7. The standard InChI is InChI=1S/C22H33N3O2/c26-21-22(27,17-24-14-10-20-19(16-24)8-4-12-23-20)11-5-13-25(21)15-9-18-6-2-1-3-7-18/h4,8,12,18,27H,1-3,5-7,9-11,13-17H2/t22-/m0/s1. The molecule has 27 heavy (non-hydrogen) atoms. The SMILES string of the molecule is O=C1N(CCC2CCCCC2)CCC[C@]1(O)CN1CCc2ncccc2C1. The molecule has 4 rings (SSSR count). The Morgan fingerprint density at radius 1 is 1.19 bits per heavy atom. The van der Waals surface area contributed by atoms with Gasteiger partial charge in [-0.25, -0.2) is 0 Å². The summed E-state index contributed by atoms with van der Waals surface area (Å²) in [7, 11) is 0. The maximum atomic E-state index is 13.1. The lowest BCUT2D eigenvalue weighted by molar-refractivity contribution is -0.160. The maximum Gasteiger partial charge on any atom is 0.255 e. The van der Waals surface area contributed by atoms with E-state index in [4.69, 9.17) is 0 Å². The summed E-state index contributed by atoms with van der Waals surface area (Å²) in [5.74, 6) is 0.731. The number of piperidine rings is 1. The highest BCUT2D eigenvalue weighted by atomic mass is 16.3. The highest BCUT2D eigenvalue weighted by Crippen LogP contribution is 2.29. The van der Waals surface area contributed by atoms with E-state index in [2.05, 4.69) is 16.0 Å². The Labute approximate surface area is 162 Å². The average Bonchev–Trinajstić information content (AvgIpc) is 2.70. The van der Waals surface area contributed by atoms with Crippen LogP contribution in [-0.2, 0) is 17.8 Å². The molecule has 148 valence electrons. The van der Waals surface area contributed by atoms with E-state index in [9.17, 15) is 9.90 Å². The lowest BCUT2D eigenvalue weighted by Crippen LogP contribution is -2.59. The lowest BCUT2D eigenvalue weighted by Gasteiger charge is -2.42. The minimum atomic E-state index is -1.22. The maximum absolute atomic E-state index is 13.1. The molecule has 1 amide bonds. The summed E-state index contributed by atoms with van der Waals surface area (Å²) >= 11 is 0. The molecule has 1 atom stereocenters. The Kier molecular flexibility index (Phi) is 5.79. The summed E-state index contributed by atoms with van der Waals surface area (Å²) in [4.78, 5) is 21.7.